The van der Waals surface area contributed by atoms with Gasteiger partial charge < -0.3 is 14.5 Å². The highest BCUT2D eigenvalue weighted by Crippen LogP contribution is 2.46. The minimum atomic E-state index is -5.37. The van der Waals surface area contributed by atoms with Gasteiger partial charge in [0, 0.05) is 47.0 Å². The Morgan fingerprint density at radius 1 is 1.45 bits per heavy atom. The number of aromatic nitrogens is 1. The summed E-state index contributed by atoms with van der Waals surface area (Å²) in [6, 6.07) is -2.53. The van der Waals surface area contributed by atoms with Crippen LogP contribution in [0.1, 0.15) is 91.6 Å². The van der Waals surface area contributed by atoms with Gasteiger partial charge in [-0.15, -0.1) is 0 Å². The van der Waals surface area contributed by atoms with Crippen molar-refractivity contribution in [3.05, 3.63) is 22.4 Å². The van der Waals surface area contributed by atoms with Gasteiger partial charge in [0.25, 0.3) is 0 Å². The van der Waals surface area contributed by atoms with Crippen molar-refractivity contribution in [3.8, 4) is 6.07 Å². The number of halogens is 3. The molecule has 3 aliphatic rings. The van der Waals surface area contributed by atoms with Gasteiger partial charge >= 0.3 is 6.18 Å². The van der Waals surface area contributed by atoms with Crippen LogP contribution in [0.15, 0.2) is 0 Å². The van der Waals surface area contributed by atoms with Crippen molar-refractivity contribution in [2.45, 2.75) is 83.6 Å². The summed E-state index contributed by atoms with van der Waals surface area (Å²) >= 11 is 0. The summed E-state index contributed by atoms with van der Waals surface area (Å²) < 4.78 is 147. The normalized spacial score (nSPS) is 34.5. The van der Waals surface area contributed by atoms with Crippen LogP contribution in [-0.4, -0.2) is 53.1 Å². The summed E-state index contributed by atoms with van der Waals surface area (Å²) in [7, 11) is 0. The number of carbonyl (C=O) groups is 1. The minimum absolute atomic E-state index is 0.0138. The van der Waals surface area contributed by atoms with Crippen molar-refractivity contribution >= 4 is 11.7 Å². The molecule has 9 heteroatoms. The van der Waals surface area contributed by atoms with E-state index in [1.54, 1.807) is 13.8 Å². The molecule has 0 spiro atoms. The fourth-order valence-electron chi connectivity index (χ4n) is 3.98. The highest BCUT2D eigenvalue weighted by Gasteiger charge is 2.41. The third-order valence-corrected chi connectivity index (χ3v) is 5.66. The van der Waals surface area contributed by atoms with Crippen molar-refractivity contribution in [2.24, 2.45) is 5.89 Å². The van der Waals surface area contributed by atoms with E-state index in [0.29, 0.717) is 34.6 Å². The van der Waals surface area contributed by atoms with E-state index >= 15 is 0 Å². The topological polar surface area (TPSA) is 69.5 Å². The Hall–Kier alpha value is -2.34. The number of hydrogen-bond acceptors (Lipinski definition) is 5. The van der Waals surface area contributed by atoms with Crippen molar-refractivity contribution in [1.82, 2.24) is 9.88 Å². The SMILES string of the molecule is [2H]C1([2H])CN(c2nc(C3CC3)c3c(c2C#N)CC(C)(C)OC3)C([2H])([2H])[C@]([2H])(C([2H])(C([2H])([2H])[2H])C([2H])([2H])[2H])N1C(=O)CC(F)(F)F. The number of ether oxygens (including phenoxy) is 1. The average molecular weight is 477 g/mol. The third-order valence-electron chi connectivity index (χ3n) is 5.66. The molecule has 1 aromatic heterocycles. The summed E-state index contributed by atoms with van der Waals surface area (Å²) in [6.07, 6.45) is -6.53. The highest BCUT2D eigenvalue weighted by atomic mass is 19.4. The summed E-state index contributed by atoms with van der Waals surface area (Å²) in [4.78, 5) is 17.2. The predicted molar refractivity (Wildman–Crippen MR) is 117 cm³/mol. The summed E-state index contributed by atoms with van der Waals surface area (Å²) in [6.45, 7) is -13.9. The molecule has 180 valence electrons. The van der Waals surface area contributed by atoms with Crippen LogP contribution in [0.3, 0.4) is 0 Å². The Morgan fingerprint density at radius 2 is 2.18 bits per heavy atom. The number of rotatable bonds is 4. The monoisotopic (exact) mass is 476 g/mol. The second-order valence-corrected chi connectivity index (χ2v) is 8.86. The second-order valence-electron chi connectivity index (χ2n) is 8.86. The van der Waals surface area contributed by atoms with Gasteiger partial charge in [-0.3, -0.25) is 4.79 Å². The molecular formula is C24H31F3N4O2. The van der Waals surface area contributed by atoms with E-state index in [9.17, 15) is 24.6 Å². The first-order valence-electron chi connectivity index (χ1n) is 16.3. The number of fused-ring (bicyclic) bond motifs is 1. The first-order valence-corrected chi connectivity index (χ1v) is 10.3. The van der Waals surface area contributed by atoms with Gasteiger partial charge in [-0.2, -0.15) is 18.4 Å². The minimum Gasteiger partial charge on any atom is -0.370 e. The van der Waals surface area contributed by atoms with Crippen LogP contribution in [0.2, 0.25) is 0 Å². The first kappa shape index (κ1) is 12.9. The molecule has 33 heavy (non-hydrogen) atoms. The summed E-state index contributed by atoms with van der Waals surface area (Å²) in [5.41, 5.74) is 0.0393. The van der Waals surface area contributed by atoms with Gasteiger partial charge in [-0.1, -0.05) is 13.7 Å². The van der Waals surface area contributed by atoms with Crippen molar-refractivity contribution in [2.75, 3.05) is 24.4 Å². The quantitative estimate of drug-likeness (QED) is 0.648. The molecule has 0 radical (unpaired) electrons. The number of pyridine rings is 1. The molecular weight excluding hydrogens is 433 g/mol. The molecule has 1 amide bonds. The second kappa shape index (κ2) is 8.46. The van der Waals surface area contributed by atoms with Crippen LogP contribution < -0.4 is 4.90 Å². The highest BCUT2D eigenvalue weighted by molar-refractivity contribution is 5.77. The lowest BCUT2D eigenvalue weighted by Crippen LogP contribution is -2.58. The van der Waals surface area contributed by atoms with Crippen LogP contribution in [0, 0.1) is 17.2 Å². The van der Waals surface area contributed by atoms with Gasteiger partial charge in [0.05, 0.1) is 36.3 Å². The summed E-state index contributed by atoms with van der Waals surface area (Å²) in [5, 5.41) is 10.3. The Kier molecular flexibility index (Phi) is 3.32. The molecule has 1 saturated carbocycles. The Bertz CT molecular complexity index is 1420. The fourth-order valence-corrected chi connectivity index (χ4v) is 3.98. The van der Waals surface area contributed by atoms with Gasteiger partial charge in [0.15, 0.2) is 0 Å². The Morgan fingerprint density at radius 3 is 2.79 bits per heavy atom. The molecule has 3 heterocycles. The molecule has 0 N–H and O–H groups in total. The molecule has 1 atom stereocenters. The number of carbonyl (C=O) groups excluding carboxylic acids is 1. The number of hydrogen-bond donors (Lipinski definition) is 0. The predicted octanol–water partition coefficient (Wildman–Crippen LogP) is 4.31. The molecule has 1 aliphatic carbocycles. The van der Waals surface area contributed by atoms with Crippen LogP contribution >= 0.6 is 0 Å². The lowest BCUT2D eigenvalue weighted by molar-refractivity contribution is -0.164. The standard InChI is InChI=1S/C24H31F3N4O2/c1-14(2)19-12-30(7-8-31(19)20(32)10-24(25,26)27)22-17(11-28)16-9-23(3,4)33-13-18(16)21(29-22)15-5-6-15/h14-15,19H,5-10,12-13H2,1-4H3/t19-/m1/s1/i1D3,2D3,8D2,12D2,14D,19D. The third kappa shape index (κ3) is 4.96. The van der Waals surface area contributed by atoms with Crippen LogP contribution in [0.4, 0.5) is 19.0 Å². The van der Waals surface area contributed by atoms with Gasteiger partial charge in [-0.05, 0) is 38.1 Å². The zero-order valence-corrected chi connectivity index (χ0v) is 18.1. The molecule has 0 unspecified atom stereocenters. The van der Waals surface area contributed by atoms with E-state index in [1.165, 1.54) is 0 Å². The zero-order chi connectivity index (χ0) is 34.6. The lowest BCUT2D eigenvalue weighted by Gasteiger charge is -2.44. The van der Waals surface area contributed by atoms with Gasteiger partial charge in [-0.25, -0.2) is 4.98 Å². The lowest BCUT2D eigenvalue weighted by atomic mass is 9.87. The Labute approximate surface area is 209 Å². The number of nitriles is 1. The maximum atomic E-state index is 13.5. The van der Waals surface area contributed by atoms with E-state index < -0.39 is 80.0 Å². The smallest absolute Gasteiger partial charge is 0.370 e. The number of alkyl halides is 3. The first-order chi connectivity index (χ1) is 20.1. The van der Waals surface area contributed by atoms with Crippen LogP contribution in [0.5, 0.6) is 0 Å². The molecule has 0 bridgehead atoms. The van der Waals surface area contributed by atoms with Crippen LogP contribution in [0.25, 0.3) is 0 Å². The molecule has 0 aromatic carbocycles. The molecule has 2 aliphatic heterocycles. The van der Waals surface area contributed by atoms with E-state index in [-0.39, 0.29) is 24.5 Å². The van der Waals surface area contributed by atoms with Crippen molar-refractivity contribution in [3.63, 3.8) is 0 Å². The summed E-state index contributed by atoms with van der Waals surface area (Å²) in [5.74, 6) is -7.61. The molecule has 4 rings (SSSR count). The molecule has 1 saturated heterocycles. The number of anilines is 1. The van der Waals surface area contributed by atoms with Gasteiger partial charge in [0.2, 0.25) is 5.91 Å². The van der Waals surface area contributed by atoms with Crippen molar-refractivity contribution < 1.29 is 39.2 Å². The molecule has 6 nitrogen and oxygen atoms in total. The number of nitrogens with zero attached hydrogens (tertiary/aromatic N) is 4. The largest absolute Gasteiger partial charge is 0.397 e. The van der Waals surface area contributed by atoms with E-state index in [2.05, 4.69) is 4.98 Å². The van der Waals surface area contributed by atoms with Gasteiger partial charge in [0.1, 0.15) is 18.3 Å². The Balaban J connectivity index is 2.11. The fraction of sp³-hybridized carbons (Fsp3) is 0.708. The van der Waals surface area contributed by atoms with Crippen LogP contribution in [-0.2, 0) is 22.6 Å². The van der Waals surface area contributed by atoms with E-state index in [1.807, 2.05) is 6.07 Å². The van der Waals surface area contributed by atoms with E-state index in [0.717, 1.165) is 0 Å². The maximum absolute atomic E-state index is 13.5. The van der Waals surface area contributed by atoms with Crippen molar-refractivity contribution in [1.29, 1.82) is 5.26 Å². The zero-order valence-electron chi connectivity index (χ0n) is 30.1. The van der Waals surface area contributed by atoms with E-state index in [4.69, 9.17) is 19.8 Å². The maximum Gasteiger partial charge on any atom is 0.397 e. The number of piperazine rings is 1. The number of amides is 1. The average Bonchev–Trinajstić information content (AvgIpc) is 3.67. The molecule has 1 aromatic rings. The molecule has 2 fully saturated rings.